The van der Waals surface area contributed by atoms with Crippen molar-refractivity contribution in [1.82, 2.24) is 4.31 Å². The summed E-state index contributed by atoms with van der Waals surface area (Å²) in [6.07, 6.45) is 1.77. The highest BCUT2D eigenvalue weighted by molar-refractivity contribution is 7.89. The third kappa shape index (κ3) is 5.03. The number of carbonyl (C=O) groups excluding carboxylic acids is 1. The molecule has 0 aromatic heterocycles. The van der Waals surface area contributed by atoms with Crippen LogP contribution in [0.1, 0.15) is 24.0 Å². The van der Waals surface area contributed by atoms with E-state index in [2.05, 4.69) is 17.4 Å². The van der Waals surface area contributed by atoms with Crippen molar-refractivity contribution in [1.29, 1.82) is 0 Å². The lowest BCUT2D eigenvalue weighted by atomic mass is 9.96. The van der Waals surface area contributed by atoms with Crippen molar-refractivity contribution in [2.45, 2.75) is 24.2 Å². The van der Waals surface area contributed by atoms with Gasteiger partial charge in [0, 0.05) is 24.7 Å². The smallest absolute Gasteiger partial charge is 0.243 e. The van der Waals surface area contributed by atoms with Crippen LogP contribution in [0.15, 0.2) is 89.8 Å². The van der Waals surface area contributed by atoms with Gasteiger partial charge in [-0.05, 0) is 48.6 Å². The first-order valence-electron chi connectivity index (χ1n) is 10.5. The molecule has 5 nitrogen and oxygen atoms in total. The second-order valence-corrected chi connectivity index (χ2v) is 9.74. The second-order valence-electron chi connectivity index (χ2n) is 7.80. The van der Waals surface area contributed by atoms with Gasteiger partial charge in [0.15, 0.2) is 0 Å². The van der Waals surface area contributed by atoms with Crippen molar-refractivity contribution in [2.24, 2.45) is 5.92 Å². The van der Waals surface area contributed by atoms with Gasteiger partial charge in [-0.15, -0.1) is 0 Å². The summed E-state index contributed by atoms with van der Waals surface area (Å²) in [6.45, 7) is 0.696. The van der Waals surface area contributed by atoms with Crippen LogP contribution in [0, 0.1) is 5.92 Å². The Bertz CT molecular complexity index is 1120. The Kier molecular flexibility index (Phi) is 6.49. The lowest BCUT2D eigenvalue weighted by Crippen LogP contribution is -2.41. The molecule has 0 atom stereocenters. The van der Waals surface area contributed by atoms with E-state index in [1.807, 2.05) is 42.5 Å². The van der Waals surface area contributed by atoms with E-state index in [1.54, 1.807) is 30.3 Å². The fraction of sp³-hybridized carbons (Fsp3) is 0.240. The van der Waals surface area contributed by atoms with Crippen molar-refractivity contribution in [3.63, 3.8) is 0 Å². The van der Waals surface area contributed by atoms with Gasteiger partial charge in [-0.2, -0.15) is 4.31 Å². The van der Waals surface area contributed by atoms with Gasteiger partial charge in [0.2, 0.25) is 15.9 Å². The van der Waals surface area contributed by atoms with Crippen LogP contribution >= 0.6 is 0 Å². The minimum Gasteiger partial charge on any atom is -0.326 e. The number of hydrogen-bond acceptors (Lipinski definition) is 3. The third-order valence-corrected chi connectivity index (χ3v) is 7.63. The van der Waals surface area contributed by atoms with E-state index in [9.17, 15) is 13.2 Å². The van der Waals surface area contributed by atoms with Crippen molar-refractivity contribution < 1.29 is 13.2 Å². The molecule has 160 valence electrons. The number of amides is 1. The quantitative estimate of drug-likeness (QED) is 0.628. The fourth-order valence-electron chi connectivity index (χ4n) is 3.95. The molecule has 1 aliphatic heterocycles. The van der Waals surface area contributed by atoms with Crippen LogP contribution in [0.4, 0.5) is 5.69 Å². The number of anilines is 1. The molecule has 0 unspecified atom stereocenters. The molecule has 1 heterocycles. The van der Waals surface area contributed by atoms with Gasteiger partial charge in [0.25, 0.3) is 0 Å². The molecule has 0 saturated carbocycles. The lowest BCUT2D eigenvalue weighted by Gasteiger charge is -2.30. The highest BCUT2D eigenvalue weighted by atomic mass is 32.2. The van der Waals surface area contributed by atoms with Crippen LogP contribution in [0.3, 0.4) is 0 Å². The molecule has 31 heavy (non-hydrogen) atoms. The number of carbonyl (C=O) groups is 1. The topological polar surface area (TPSA) is 66.5 Å². The molecule has 1 fully saturated rings. The number of nitrogens with zero attached hydrogens (tertiary/aromatic N) is 1. The number of hydrogen-bond donors (Lipinski definition) is 1. The largest absolute Gasteiger partial charge is 0.326 e. The first-order valence-corrected chi connectivity index (χ1v) is 12.0. The van der Waals surface area contributed by atoms with E-state index in [0.717, 1.165) is 17.7 Å². The number of nitrogens with one attached hydrogen (secondary N) is 1. The number of sulfonamides is 1. The summed E-state index contributed by atoms with van der Waals surface area (Å²) in [4.78, 5) is 13.2. The highest BCUT2D eigenvalue weighted by Crippen LogP contribution is 2.26. The number of piperidine rings is 1. The summed E-state index contributed by atoms with van der Waals surface area (Å²) < 4.78 is 27.1. The highest BCUT2D eigenvalue weighted by Gasteiger charge is 2.32. The molecule has 3 aromatic rings. The molecule has 3 aromatic carbocycles. The summed E-state index contributed by atoms with van der Waals surface area (Å²) in [7, 11) is -3.51. The minimum atomic E-state index is -3.51. The van der Waals surface area contributed by atoms with Crippen molar-refractivity contribution in [3.05, 3.63) is 96.1 Å². The van der Waals surface area contributed by atoms with E-state index in [1.165, 1.54) is 9.87 Å². The standard InChI is InChI=1S/C25H26N2O3S/c28-25(26-24-14-8-7-11-22(24)19-20-9-3-1-4-10-20)21-15-17-27(18-16-21)31(29,30)23-12-5-2-6-13-23/h1-14,21H,15-19H2,(H,26,28). The molecule has 0 radical (unpaired) electrons. The molecular weight excluding hydrogens is 408 g/mol. The Morgan fingerprint density at radius 3 is 2.10 bits per heavy atom. The molecule has 1 saturated heterocycles. The van der Waals surface area contributed by atoms with Gasteiger partial charge in [0.05, 0.1) is 4.90 Å². The number of benzene rings is 3. The third-order valence-electron chi connectivity index (χ3n) is 5.72. The van der Waals surface area contributed by atoms with Crippen molar-refractivity contribution in [3.8, 4) is 0 Å². The molecule has 0 aliphatic carbocycles. The van der Waals surface area contributed by atoms with E-state index in [4.69, 9.17) is 0 Å². The van der Waals surface area contributed by atoms with Gasteiger partial charge < -0.3 is 5.32 Å². The molecule has 0 spiro atoms. The zero-order valence-electron chi connectivity index (χ0n) is 17.3. The number of para-hydroxylation sites is 1. The zero-order chi connectivity index (χ0) is 21.7. The maximum absolute atomic E-state index is 12.9. The Morgan fingerprint density at radius 2 is 1.42 bits per heavy atom. The van der Waals surface area contributed by atoms with Crippen LogP contribution in [-0.4, -0.2) is 31.7 Å². The van der Waals surface area contributed by atoms with Gasteiger partial charge in [0.1, 0.15) is 0 Å². The van der Waals surface area contributed by atoms with Crippen LogP contribution in [0.5, 0.6) is 0 Å². The molecule has 4 rings (SSSR count). The van der Waals surface area contributed by atoms with E-state index in [-0.39, 0.29) is 11.8 Å². The molecule has 1 amide bonds. The van der Waals surface area contributed by atoms with E-state index < -0.39 is 10.0 Å². The molecule has 6 heteroatoms. The van der Waals surface area contributed by atoms with Crippen molar-refractivity contribution >= 4 is 21.6 Å². The summed E-state index contributed by atoms with van der Waals surface area (Å²) in [5.41, 5.74) is 3.06. The molecular formula is C25H26N2O3S. The Morgan fingerprint density at radius 1 is 0.839 bits per heavy atom. The summed E-state index contributed by atoms with van der Waals surface area (Å²) >= 11 is 0. The van der Waals surface area contributed by atoms with Crippen LogP contribution < -0.4 is 5.32 Å². The van der Waals surface area contributed by atoms with Crippen LogP contribution in [0.2, 0.25) is 0 Å². The van der Waals surface area contributed by atoms with Gasteiger partial charge >= 0.3 is 0 Å². The molecule has 1 N–H and O–H groups in total. The van der Waals surface area contributed by atoms with Gasteiger partial charge in [-0.1, -0.05) is 66.7 Å². The Labute approximate surface area is 183 Å². The SMILES string of the molecule is O=C(Nc1ccccc1Cc1ccccc1)C1CCN(S(=O)(=O)c2ccccc2)CC1. The van der Waals surface area contributed by atoms with Crippen LogP contribution in [-0.2, 0) is 21.2 Å². The Hall–Kier alpha value is -2.96. The predicted octanol–water partition coefficient (Wildman–Crippen LogP) is 4.32. The average Bonchev–Trinajstić information content (AvgIpc) is 2.81. The lowest BCUT2D eigenvalue weighted by molar-refractivity contribution is -0.120. The molecule has 1 aliphatic rings. The van der Waals surface area contributed by atoms with E-state index >= 15 is 0 Å². The molecule has 0 bridgehead atoms. The minimum absolute atomic E-state index is 0.0442. The second kappa shape index (κ2) is 9.45. The first kappa shape index (κ1) is 21.3. The normalized spacial score (nSPS) is 15.5. The van der Waals surface area contributed by atoms with Gasteiger partial charge in [-0.25, -0.2) is 8.42 Å². The fourth-order valence-corrected chi connectivity index (χ4v) is 5.44. The maximum atomic E-state index is 12.9. The first-order chi connectivity index (χ1) is 15.0. The summed E-state index contributed by atoms with van der Waals surface area (Å²) in [5, 5.41) is 3.08. The van der Waals surface area contributed by atoms with E-state index in [0.29, 0.717) is 30.8 Å². The van der Waals surface area contributed by atoms with Crippen LogP contribution in [0.25, 0.3) is 0 Å². The summed E-state index contributed by atoms with van der Waals surface area (Å²) in [6, 6.07) is 26.4. The van der Waals surface area contributed by atoms with Gasteiger partial charge in [-0.3, -0.25) is 4.79 Å². The average molecular weight is 435 g/mol. The monoisotopic (exact) mass is 434 g/mol. The zero-order valence-corrected chi connectivity index (χ0v) is 18.1. The van der Waals surface area contributed by atoms with Crippen molar-refractivity contribution in [2.75, 3.05) is 18.4 Å². The Balaban J connectivity index is 1.39. The summed E-state index contributed by atoms with van der Waals surface area (Å²) in [5.74, 6) is -0.246. The predicted molar refractivity (Wildman–Crippen MR) is 122 cm³/mol. The maximum Gasteiger partial charge on any atom is 0.243 e. The number of rotatable bonds is 6.